The van der Waals surface area contributed by atoms with E-state index in [4.69, 9.17) is 9.47 Å². The van der Waals surface area contributed by atoms with Crippen molar-refractivity contribution in [1.29, 1.82) is 0 Å². The zero-order valence-electron chi connectivity index (χ0n) is 9.94. The van der Waals surface area contributed by atoms with E-state index in [-0.39, 0.29) is 18.6 Å². The predicted molar refractivity (Wildman–Crippen MR) is 64.1 cm³/mol. The Morgan fingerprint density at radius 3 is 3.00 bits per heavy atom. The summed E-state index contributed by atoms with van der Waals surface area (Å²) in [5.41, 5.74) is 1.20. The van der Waals surface area contributed by atoms with Gasteiger partial charge in [-0.15, -0.1) is 0 Å². The van der Waals surface area contributed by atoms with Crippen LogP contribution in [0, 0.1) is 0 Å². The van der Waals surface area contributed by atoms with Crippen LogP contribution in [0.5, 0.6) is 5.75 Å². The van der Waals surface area contributed by atoms with E-state index in [9.17, 15) is 4.79 Å². The monoisotopic (exact) mass is 235 g/mol. The lowest BCUT2D eigenvalue weighted by Crippen LogP contribution is -2.49. The van der Waals surface area contributed by atoms with E-state index in [1.807, 2.05) is 24.3 Å². The molecule has 0 radical (unpaired) electrons. The lowest BCUT2D eigenvalue weighted by Gasteiger charge is -2.26. The van der Waals surface area contributed by atoms with Gasteiger partial charge in [-0.2, -0.15) is 0 Å². The van der Waals surface area contributed by atoms with Gasteiger partial charge in [-0.25, -0.2) is 0 Å². The fourth-order valence-corrected chi connectivity index (χ4v) is 1.59. The second-order valence-corrected chi connectivity index (χ2v) is 4.09. The number of hydrogen-bond acceptors (Lipinski definition) is 3. The molecule has 1 heterocycles. The normalized spacial score (nSPS) is 15.1. The van der Waals surface area contributed by atoms with Gasteiger partial charge in [-0.1, -0.05) is 19.1 Å². The van der Waals surface area contributed by atoms with Crippen LogP contribution in [0.25, 0.3) is 0 Å². The first-order valence-corrected chi connectivity index (χ1v) is 5.87. The van der Waals surface area contributed by atoms with Crippen molar-refractivity contribution in [3.05, 3.63) is 29.8 Å². The van der Waals surface area contributed by atoms with Crippen molar-refractivity contribution >= 4 is 5.91 Å². The molecular formula is C13H17NO3. The lowest BCUT2D eigenvalue weighted by molar-refractivity contribution is -0.127. The van der Waals surface area contributed by atoms with Gasteiger partial charge in [0, 0.05) is 0 Å². The van der Waals surface area contributed by atoms with Gasteiger partial charge in [0.25, 0.3) is 5.91 Å². The molecule has 0 spiro atoms. The molecule has 0 aliphatic carbocycles. The molecule has 1 aromatic carbocycles. The van der Waals surface area contributed by atoms with Crippen LogP contribution in [0.4, 0.5) is 0 Å². The first-order valence-electron chi connectivity index (χ1n) is 5.87. The largest absolute Gasteiger partial charge is 0.484 e. The number of nitrogens with one attached hydrogen (secondary N) is 1. The molecule has 0 bridgehead atoms. The fraction of sp³-hybridized carbons (Fsp3) is 0.462. The fourth-order valence-electron chi connectivity index (χ4n) is 1.59. The highest BCUT2D eigenvalue weighted by Crippen LogP contribution is 2.13. The number of carbonyl (C=O) groups is 1. The van der Waals surface area contributed by atoms with Crippen LogP contribution in [-0.2, 0) is 16.0 Å². The molecule has 1 fully saturated rings. The second-order valence-electron chi connectivity index (χ2n) is 4.09. The minimum atomic E-state index is -0.0970. The molecule has 0 saturated carbocycles. The Kier molecular flexibility index (Phi) is 3.98. The van der Waals surface area contributed by atoms with Gasteiger partial charge >= 0.3 is 0 Å². The number of hydrogen-bond donors (Lipinski definition) is 1. The Labute approximate surface area is 101 Å². The molecule has 0 unspecified atom stereocenters. The van der Waals surface area contributed by atoms with Crippen LogP contribution in [0.15, 0.2) is 24.3 Å². The highest BCUT2D eigenvalue weighted by Gasteiger charge is 2.20. The molecule has 1 aliphatic heterocycles. The van der Waals surface area contributed by atoms with Gasteiger partial charge in [-0.3, -0.25) is 4.79 Å². The molecule has 0 atom stereocenters. The first kappa shape index (κ1) is 11.9. The highest BCUT2D eigenvalue weighted by molar-refractivity contribution is 5.77. The minimum absolute atomic E-state index is 0.0592. The molecule has 1 N–H and O–H groups in total. The summed E-state index contributed by atoms with van der Waals surface area (Å²) < 4.78 is 10.4. The van der Waals surface area contributed by atoms with Gasteiger partial charge in [-0.05, 0) is 24.1 Å². The summed E-state index contributed by atoms with van der Waals surface area (Å²) in [5.74, 6) is 0.643. The lowest BCUT2D eigenvalue weighted by atomic mass is 10.2. The average Bonchev–Trinajstić information content (AvgIpc) is 2.31. The third kappa shape index (κ3) is 3.46. The molecule has 17 heavy (non-hydrogen) atoms. The van der Waals surface area contributed by atoms with Crippen molar-refractivity contribution in [3.8, 4) is 5.75 Å². The summed E-state index contributed by atoms with van der Waals surface area (Å²) in [6, 6.07) is 7.96. The summed E-state index contributed by atoms with van der Waals surface area (Å²) in [6.07, 6.45) is 0.961. The predicted octanol–water partition coefficient (Wildman–Crippen LogP) is 1.14. The van der Waals surface area contributed by atoms with E-state index in [0.717, 1.165) is 12.2 Å². The van der Waals surface area contributed by atoms with E-state index < -0.39 is 0 Å². The molecule has 0 aromatic heterocycles. The van der Waals surface area contributed by atoms with Gasteiger partial charge in [0.1, 0.15) is 5.75 Å². The van der Waals surface area contributed by atoms with Crippen LogP contribution in [0.3, 0.4) is 0 Å². The zero-order valence-corrected chi connectivity index (χ0v) is 9.94. The van der Waals surface area contributed by atoms with E-state index in [2.05, 4.69) is 12.2 Å². The second kappa shape index (κ2) is 5.68. The van der Waals surface area contributed by atoms with Crippen LogP contribution in [0.2, 0.25) is 0 Å². The number of amides is 1. The van der Waals surface area contributed by atoms with Crippen LogP contribution < -0.4 is 10.1 Å². The maximum absolute atomic E-state index is 11.5. The molecule has 4 nitrogen and oxygen atoms in total. The summed E-state index contributed by atoms with van der Waals surface area (Å²) >= 11 is 0. The smallest absolute Gasteiger partial charge is 0.258 e. The van der Waals surface area contributed by atoms with Crippen LogP contribution in [-0.4, -0.2) is 31.8 Å². The standard InChI is InChI=1S/C13H17NO3/c1-2-10-4-3-5-12(6-10)17-9-13(15)14-11-7-16-8-11/h3-6,11H,2,7-9H2,1H3,(H,14,15). The molecule has 2 rings (SSSR count). The highest BCUT2D eigenvalue weighted by atomic mass is 16.5. The third-order valence-electron chi connectivity index (χ3n) is 2.68. The quantitative estimate of drug-likeness (QED) is 0.832. The van der Waals surface area contributed by atoms with Gasteiger partial charge < -0.3 is 14.8 Å². The molecule has 92 valence electrons. The SMILES string of the molecule is CCc1cccc(OCC(=O)NC2COC2)c1. The van der Waals surface area contributed by atoms with Crippen molar-refractivity contribution in [2.45, 2.75) is 19.4 Å². The number of aryl methyl sites for hydroxylation is 1. The van der Waals surface area contributed by atoms with Gasteiger partial charge in [0.05, 0.1) is 19.3 Å². The summed E-state index contributed by atoms with van der Waals surface area (Å²) in [5, 5.41) is 2.83. The van der Waals surface area contributed by atoms with Crippen molar-refractivity contribution in [1.82, 2.24) is 5.32 Å². The van der Waals surface area contributed by atoms with E-state index in [1.54, 1.807) is 0 Å². The Balaban J connectivity index is 1.77. The van der Waals surface area contributed by atoms with Crippen molar-refractivity contribution < 1.29 is 14.3 Å². The molecule has 1 aromatic rings. The van der Waals surface area contributed by atoms with Crippen LogP contribution >= 0.6 is 0 Å². The van der Waals surface area contributed by atoms with Gasteiger partial charge in [0.15, 0.2) is 6.61 Å². The minimum Gasteiger partial charge on any atom is -0.484 e. The molecule has 4 heteroatoms. The maximum Gasteiger partial charge on any atom is 0.258 e. The Hall–Kier alpha value is -1.55. The summed E-state index contributed by atoms with van der Waals surface area (Å²) in [6.45, 7) is 3.36. The van der Waals surface area contributed by atoms with Crippen molar-refractivity contribution in [3.63, 3.8) is 0 Å². The number of rotatable bonds is 5. The Bertz CT molecular complexity index is 388. The van der Waals surface area contributed by atoms with E-state index >= 15 is 0 Å². The zero-order chi connectivity index (χ0) is 12.1. The number of ether oxygens (including phenoxy) is 2. The number of carbonyl (C=O) groups excluding carboxylic acids is 1. The molecule has 1 saturated heterocycles. The average molecular weight is 235 g/mol. The summed E-state index contributed by atoms with van der Waals surface area (Å²) in [7, 11) is 0. The van der Waals surface area contributed by atoms with Gasteiger partial charge in [0.2, 0.25) is 0 Å². The first-order chi connectivity index (χ1) is 8.28. The molecular weight excluding hydrogens is 218 g/mol. The third-order valence-corrected chi connectivity index (χ3v) is 2.68. The Morgan fingerprint density at radius 1 is 1.53 bits per heavy atom. The van der Waals surface area contributed by atoms with E-state index in [0.29, 0.717) is 13.2 Å². The van der Waals surface area contributed by atoms with E-state index in [1.165, 1.54) is 5.56 Å². The Morgan fingerprint density at radius 2 is 2.35 bits per heavy atom. The molecule has 1 aliphatic rings. The maximum atomic E-state index is 11.5. The van der Waals surface area contributed by atoms with Crippen molar-refractivity contribution in [2.75, 3.05) is 19.8 Å². The number of benzene rings is 1. The summed E-state index contributed by atoms with van der Waals surface area (Å²) in [4.78, 5) is 11.5. The molecule has 1 amide bonds. The van der Waals surface area contributed by atoms with Crippen molar-refractivity contribution in [2.24, 2.45) is 0 Å². The topological polar surface area (TPSA) is 47.6 Å². The van der Waals surface area contributed by atoms with Crippen LogP contribution in [0.1, 0.15) is 12.5 Å².